The Kier molecular flexibility index (Phi) is 7.12. The van der Waals surface area contributed by atoms with E-state index < -0.39 is 4.92 Å². The molecule has 0 aliphatic rings. The second-order valence-corrected chi connectivity index (χ2v) is 4.72. The van der Waals surface area contributed by atoms with E-state index in [1.165, 1.54) is 18.2 Å². The van der Waals surface area contributed by atoms with Crippen molar-refractivity contribution in [3.63, 3.8) is 0 Å². The smallest absolute Gasteiger partial charge is 0.319 e. The molecule has 0 fully saturated rings. The first-order chi connectivity index (χ1) is 10.5. The van der Waals surface area contributed by atoms with Crippen molar-refractivity contribution in [2.45, 2.75) is 19.9 Å². The summed E-state index contributed by atoms with van der Waals surface area (Å²) >= 11 is 0. The highest BCUT2D eigenvalue weighted by Crippen LogP contribution is 2.16. The largest absolute Gasteiger partial charge is 0.336 e. The summed E-state index contributed by atoms with van der Waals surface area (Å²) < 4.78 is 0. The monoisotopic (exact) mass is 301 g/mol. The number of carbonyl (C=O) groups is 1. The van der Waals surface area contributed by atoms with E-state index in [4.69, 9.17) is 0 Å². The van der Waals surface area contributed by atoms with Crippen molar-refractivity contribution < 1.29 is 9.72 Å². The van der Waals surface area contributed by atoms with E-state index in [9.17, 15) is 14.9 Å². The Balaban J connectivity index is 0.000000335. The molecule has 0 atom stereocenters. The van der Waals surface area contributed by atoms with Gasteiger partial charge >= 0.3 is 6.03 Å². The molecule has 2 N–H and O–H groups in total. The third-order valence-electron chi connectivity index (χ3n) is 2.40. The summed E-state index contributed by atoms with van der Waals surface area (Å²) in [5.74, 6) is 0. The Morgan fingerprint density at radius 1 is 1.05 bits per heavy atom. The van der Waals surface area contributed by atoms with Gasteiger partial charge in [-0.2, -0.15) is 0 Å². The van der Waals surface area contributed by atoms with Crippen LogP contribution in [0.25, 0.3) is 0 Å². The zero-order valence-electron chi connectivity index (χ0n) is 12.5. The molecule has 0 saturated carbocycles. The van der Waals surface area contributed by atoms with Crippen molar-refractivity contribution in [2.24, 2.45) is 0 Å². The zero-order chi connectivity index (χ0) is 16.4. The van der Waals surface area contributed by atoms with E-state index in [0.717, 1.165) is 0 Å². The van der Waals surface area contributed by atoms with Crippen molar-refractivity contribution in [2.75, 3.05) is 5.32 Å². The summed E-state index contributed by atoms with van der Waals surface area (Å²) in [7, 11) is 0. The van der Waals surface area contributed by atoms with E-state index in [1.807, 2.05) is 50.2 Å². The van der Waals surface area contributed by atoms with E-state index in [0.29, 0.717) is 5.69 Å². The number of benzene rings is 2. The number of anilines is 1. The summed E-state index contributed by atoms with van der Waals surface area (Å²) in [6, 6.07) is 17.4. The molecule has 22 heavy (non-hydrogen) atoms. The van der Waals surface area contributed by atoms with Crippen molar-refractivity contribution in [3.8, 4) is 0 Å². The van der Waals surface area contributed by atoms with Crippen molar-refractivity contribution in [3.05, 3.63) is 70.8 Å². The quantitative estimate of drug-likeness (QED) is 0.667. The molecular formula is C16H19N3O3. The molecule has 2 amide bonds. The molecule has 6 heteroatoms. The second-order valence-electron chi connectivity index (χ2n) is 4.72. The number of rotatable bonds is 3. The van der Waals surface area contributed by atoms with Crippen LogP contribution in [0.5, 0.6) is 0 Å². The van der Waals surface area contributed by atoms with Gasteiger partial charge in [-0.05, 0) is 19.9 Å². The molecule has 0 spiro atoms. The highest BCUT2D eigenvalue weighted by atomic mass is 16.6. The van der Waals surface area contributed by atoms with Crippen molar-refractivity contribution in [1.29, 1.82) is 0 Å². The van der Waals surface area contributed by atoms with E-state index in [2.05, 4.69) is 10.6 Å². The fourth-order valence-corrected chi connectivity index (χ4v) is 1.51. The van der Waals surface area contributed by atoms with E-state index >= 15 is 0 Å². The Morgan fingerprint density at radius 3 is 2.05 bits per heavy atom. The Bertz CT molecular complexity index is 574. The summed E-state index contributed by atoms with van der Waals surface area (Å²) in [5, 5.41) is 15.6. The van der Waals surface area contributed by atoms with Gasteiger partial charge in [0.2, 0.25) is 0 Å². The lowest BCUT2D eigenvalue weighted by molar-refractivity contribution is -0.384. The van der Waals surface area contributed by atoms with Crippen molar-refractivity contribution in [1.82, 2.24) is 5.32 Å². The van der Waals surface area contributed by atoms with Crippen LogP contribution in [0.2, 0.25) is 0 Å². The molecule has 0 heterocycles. The predicted octanol–water partition coefficient (Wildman–Crippen LogP) is 3.81. The maximum atomic E-state index is 11.3. The molecule has 0 aliphatic carbocycles. The molecular weight excluding hydrogens is 282 g/mol. The lowest BCUT2D eigenvalue weighted by atomic mass is 10.3. The molecule has 116 valence electrons. The Hall–Kier alpha value is -2.89. The van der Waals surface area contributed by atoms with Crippen LogP contribution in [0, 0.1) is 10.1 Å². The lowest BCUT2D eigenvalue weighted by Crippen LogP contribution is -2.34. The molecule has 2 aromatic rings. The van der Waals surface area contributed by atoms with Gasteiger partial charge in [-0.3, -0.25) is 10.1 Å². The minimum absolute atomic E-state index is 0.0127. The van der Waals surface area contributed by atoms with Gasteiger partial charge in [0.05, 0.1) is 4.92 Å². The number of non-ortho nitro benzene ring substituents is 1. The van der Waals surface area contributed by atoms with E-state index in [1.54, 1.807) is 6.07 Å². The summed E-state index contributed by atoms with van der Waals surface area (Å²) in [6.45, 7) is 3.65. The first kappa shape index (κ1) is 17.2. The zero-order valence-corrected chi connectivity index (χ0v) is 12.5. The number of nitro groups is 1. The lowest BCUT2D eigenvalue weighted by Gasteiger charge is -2.09. The highest BCUT2D eigenvalue weighted by Gasteiger charge is 2.08. The van der Waals surface area contributed by atoms with Gasteiger partial charge in [-0.1, -0.05) is 42.5 Å². The Labute approximate surface area is 129 Å². The molecule has 2 aromatic carbocycles. The third kappa shape index (κ3) is 7.04. The van der Waals surface area contributed by atoms with Gasteiger partial charge in [0.15, 0.2) is 0 Å². The molecule has 2 rings (SSSR count). The molecule has 0 unspecified atom stereocenters. The number of carbonyl (C=O) groups excluding carboxylic acids is 1. The fraction of sp³-hybridized carbons (Fsp3) is 0.188. The van der Waals surface area contributed by atoms with Crippen LogP contribution in [0.3, 0.4) is 0 Å². The average molecular weight is 301 g/mol. The van der Waals surface area contributed by atoms with Gasteiger partial charge in [0.25, 0.3) is 5.69 Å². The van der Waals surface area contributed by atoms with Gasteiger partial charge < -0.3 is 10.6 Å². The number of amides is 2. The van der Waals surface area contributed by atoms with Crippen LogP contribution in [-0.4, -0.2) is 17.0 Å². The summed E-state index contributed by atoms with van der Waals surface area (Å²) in [6.07, 6.45) is 0. The molecule has 0 aromatic heterocycles. The number of urea groups is 1. The van der Waals surface area contributed by atoms with Gasteiger partial charge in [-0.15, -0.1) is 0 Å². The van der Waals surface area contributed by atoms with Gasteiger partial charge in [0, 0.05) is 23.9 Å². The topological polar surface area (TPSA) is 84.3 Å². The first-order valence-electron chi connectivity index (χ1n) is 6.81. The number of nitro benzene ring substituents is 1. The van der Waals surface area contributed by atoms with Gasteiger partial charge in [-0.25, -0.2) is 4.79 Å². The number of hydrogen-bond donors (Lipinski definition) is 2. The van der Waals surface area contributed by atoms with E-state index in [-0.39, 0.29) is 17.8 Å². The normalized spacial score (nSPS) is 9.41. The molecule has 0 aliphatic heterocycles. The van der Waals surface area contributed by atoms with Crippen LogP contribution in [-0.2, 0) is 0 Å². The number of nitrogens with zero attached hydrogens (tertiary/aromatic N) is 1. The molecule has 0 saturated heterocycles. The van der Waals surface area contributed by atoms with Crippen molar-refractivity contribution >= 4 is 17.4 Å². The standard InChI is InChI=1S/C10H13N3O3.C6H6/c1-7(2)11-10(14)12-8-4-3-5-9(6-8)13(15)16;1-2-4-6-5-3-1/h3-7H,1-2H3,(H2,11,12,14);1-6H. The first-order valence-corrected chi connectivity index (χ1v) is 6.81. The highest BCUT2D eigenvalue weighted by molar-refractivity contribution is 5.89. The maximum Gasteiger partial charge on any atom is 0.319 e. The summed E-state index contributed by atoms with van der Waals surface area (Å²) in [5.41, 5.74) is 0.342. The second kappa shape index (κ2) is 9.12. The predicted molar refractivity (Wildman–Crippen MR) is 86.8 cm³/mol. The maximum absolute atomic E-state index is 11.3. The molecule has 0 radical (unpaired) electrons. The van der Waals surface area contributed by atoms with Crippen LogP contribution in [0.1, 0.15) is 13.8 Å². The minimum Gasteiger partial charge on any atom is -0.336 e. The van der Waals surface area contributed by atoms with Gasteiger partial charge in [0.1, 0.15) is 0 Å². The van der Waals surface area contributed by atoms with Crippen LogP contribution >= 0.6 is 0 Å². The SMILES string of the molecule is CC(C)NC(=O)Nc1cccc([N+](=O)[O-])c1.c1ccccc1. The molecule has 6 nitrogen and oxygen atoms in total. The summed E-state index contributed by atoms with van der Waals surface area (Å²) in [4.78, 5) is 21.3. The third-order valence-corrected chi connectivity index (χ3v) is 2.40. The van der Waals surface area contributed by atoms with Crippen LogP contribution in [0.15, 0.2) is 60.7 Å². The number of hydrogen-bond acceptors (Lipinski definition) is 3. The molecule has 0 bridgehead atoms. The number of nitrogens with one attached hydrogen (secondary N) is 2. The fourth-order valence-electron chi connectivity index (χ4n) is 1.51. The average Bonchev–Trinajstić information content (AvgIpc) is 2.49. The minimum atomic E-state index is -0.508. The van der Waals surface area contributed by atoms with Crippen LogP contribution in [0.4, 0.5) is 16.2 Å². The van der Waals surface area contributed by atoms with Crippen LogP contribution < -0.4 is 10.6 Å². The Morgan fingerprint density at radius 2 is 1.59 bits per heavy atom.